The summed E-state index contributed by atoms with van der Waals surface area (Å²) in [6.45, 7) is 4.45. The number of hydrogen-bond donors (Lipinski definition) is 1. The zero-order valence-electron chi connectivity index (χ0n) is 10.1. The number of amides is 1. The molecule has 94 valence electrons. The van der Waals surface area contributed by atoms with E-state index in [1.54, 1.807) is 29.1 Å². The Hall–Kier alpha value is -1.88. The van der Waals surface area contributed by atoms with Gasteiger partial charge in [-0.25, -0.2) is 9.97 Å². The first-order chi connectivity index (χ1) is 8.60. The minimum absolute atomic E-state index is 0.269. The quantitative estimate of drug-likeness (QED) is 0.927. The lowest BCUT2D eigenvalue weighted by atomic mass is 10.4. The van der Waals surface area contributed by atoms with Gasteiger partial charge >= 0.3 is 0 Å². The lowest BCUT2D eigenvalue weighted by molar-refractivity contribution is 0.101. The maximum Gasteiger partial charge on any atom is 0.274 e. The van der Waals surface area contributed by atoms with Gasteiger partial charge in [-0.05, 0) is 26.0 Å². The lowest BCUT2D eigenvalue weighted by Gasteiger charge is -2.06. The SMILES string of the molecule is CCn1cc(Cl)cc1C(=O)Nc1nccc(C)n1. The Balaban J connectivity index is 2.21. The van der Waals surface area contributed by atoms with Crippen LogP contribution in [-0.2, 0) is 6.54 Å². The van der Waals surface area contributed by atoms with E-state index < -0.39 is 0 Å². The molecule has 6 heteroatoms. The van der Waals surface area contributed by atoms with Gasteiger partial charge in [-0.2, -0.15) is 0 Å². The van der Waals surface area contributed by atoms with Crippen LogP contribution in [0.1, 0.15) is 23.1 Å². The maximum absolute atomic E-state index is 12.0. The Labute approximate surface area is 110 Å². The molecule has 0 saturated heterocycles. The minimum Gasteiger partial charge on any atom is -0.342 e. The average Bonchev–Trinajstić information content (AvgIpc) is 2.70. The Morgan fingerprint density at radius 2 is 2.33 bits per heavy atom. The van der Waals surface area contributed by atoms with E-state index in [2.05, 4.69) is 15.3 Å². The molecule has 0 saturated carbocycles. The first-order valence-corrected chi connectivity index (χ1v) is 5.94. The second-order valence-corrected chi connectivity index (χ2v) is 4.24. The summed E-state index contributed by atoms with van der Waals surface area (Å²) in [5, 5.41) is 3.18. The fourth-order valence-corrected chi connectivity index (χ4v) is 1.82. The molecular weight excluding hydrogens is 252 g/mol. The van der Waals surface area contributed by atoms with Crippen LogP contribution in [0.3, 0.4) is 0 Å². The molecule has 2 heterocycles. The van der Waals surface area contributed by atoms with Crippen LogP contribution in [0.15, 0.2) is 24.5 Å². The number of nitrogens with zero attached hydrogens (tertiary/aromatic N) is 3. The van der Waals surface area contributed by atoms with E-state index in [4.69, 9.17) is 11.6 Å². The molecule has 1 N–H and O–H groups in total. The Kier molecular flexibility index (Phi) is 3.62. The van der Waals surface area contributed by atoms with Crippen LogP contribution in [-0.4, -0.2) is 20.4 Å². The predicted octanol–water partition coefficient (Wildman–Crippen LogP) is 2.51. The van der Waals surface area contributed by atoms with Crippen LogP contribution >= 0.6 is 11.6 Å². The maximum atomic E-state index is 12.0. The summed E-state index contributed by atoms with van der Waals surface area (Å²) in [6.07, 6.45) is 3.32. The molecular formula is C12H13ClN4O. The zero-order valence-corrected chi connectivity index (χ0v) is 10.9. The molecule has 0 spiro atoms. The highest BCUT2D eigenvalue weighted by molar-refractivity contribution is 6.31. The Morgan fingerprint density at radius 1 is 1.56 bits per heavy atom. The van der Waals surface area contributed by atoms with Gasteiger partial charge in [-0.1, -0.05) is 11.6 Å². The standard InChI is InChI=1S/C12H13ClN4O/c1-3-17-7-9(13)6-10(17)11(18)16-12-14-5-4-8(2)15-12/h4-7H,3H2,1-2H3,(H,14,15,16,18). The van der Waals surface area contributed by atoms with Gasteiger partial charge in [-0.3, -0.25) is 10.1 Å². The van der Waals surface area contributed by atoms with Crippen molar-refractivity contribution in [1.29, 1.82) is 0 Å². The van der Waals surface area contributed by atoms with E-state index in [9.17, 15) is 4.79 Å². The van der Waals surface area contributed by atoms with Crippen LogP contribution in [0.5, 0.6) is 0 Å². The number of aromatic nitrogens is 3. The highest BCUT2D eigenvalue weighted by Gasteiger charge is 2.13. The second kappa shape index (κ2) is 5.18. The molecule has 2 rings (SSSR count). The smallest absolute Gasteiger partial charge is 0.274 e. The largest absolute Gasteiger partial charge is 0.342 e. The van der Waals surface area contributed by atoms with Crippen LogP contribution in [0.2, 0.25) is 5.02 Å². The van der Waals surface area contributed by atoms with Gasteiger partial charge in [-0.15, -0.1) is 0 Å². The van der Waals surface area contributed by atoms with Crippen molar-refractivity contribution in [2.75, 3.05) is 5.32 Å². The van der Waals surface area contributed by atoms with Crippen molar-refractivity contribution in [3.8, 4) is 0 Å². The molecule has 0 atom stereocenters. The van der Waals surface area contributed by atoms with Crippen molar-refractivity contribution in [2.24, 2.45) is 0 Å². The molecule has 1 amide bonds. The van der Waals surface area contributed by atoms with E-state index in [0.29, 0.717) is 23.2 Å². The van der Waals surface area contributed by atoms with Crippen molar-refractivity contribution in [3.63, 3.8) is 0 Å². The summed E-state index contributed by atoms with van der Waals surface area (Å²) in [4.78, 5) is 20.1. The molecule has 0 aliphatic rings. The Bertz CT molecular complexity index is 579. The molecule has 5 nitrogen and oxygen atoms in total. The van der Waals surface area contributed by atoms with E-state index >= 15 is 0 Å². The molecule has 0 aromatic carbocycles. The van der Waals surface area contributed by atoms with Crippen molar-refractivity contribution in [3.05, 3.63) is 40.9 Å². The van der Waals surface area contributed by atoms with Gasteiger partial charge in [0.2, 0.25) is 5.95 Å². The third-order valence-corrected chi connectivity index (χ3v) is 2.66. The molecule has 0 radical (unpaired) electrons. The summed E-state index contributed by atoms with van der Waals surface area (Å²) >= 11 is 5.88. The van der Waals surface area contributed by atoms with E-state index in [0.717, 1.165) is 5.69 Å². The molecule has 0 aliphatic heterocycles. The number of halogens is 1. The average molecular weight is 265 g/mol. The van der Waals surface area contributed by atoms with E-state index in [-0.39, 0.29) is 5.91 Å². The number of carbonyl (C=O) groups is 1. The molecule has 0 fully saturated rings. The number of aryl methyl sites for hydroxylation is 2. The number of carbonyl (C=O) groups excluding carboxylic acids is 1. The van der Waals surface area contributed by atoms with Crippen LogP contribution < -0.4 is 5.32 Å². The van der Waals surface area contributed by atoms with Crippen LogP contribution in [0.25, 0.3) is 0 Å². The topological polar surface area (TPSA) is 59.8 Å². The van der Waals surface area contributed by atoms with Gasteiger partial charge in [0, 0.05) is 24.6 Å². The van der Waals surface area contributed by atoms with Gasteiger partial charge in [0.25, 0.3) is 5.91 Å². The number of hydrogen-bond acceptors (Lipinski definition) is 3. The van der Waals surface area contributed by atoms with E-state index in [1.165, 1.54) is 0 Å². The van der Waals surface area contributed by atoms with Crippen LogP contribution in [0, 0.1) is 6.92 Å². The molecule has 0 unspecified atom stereocenters. The van der Waals surface area contributed by atoms with Crippen molar-refractivity contribution in [2.45, 2.75) is 20.4 Å². The zero-order chi connectivity index (χ0) is 13.1. The fourth-order valence-electron chi connectivity index (χ4n) is 1.60. The molecule has 0 aliphatic carbocycles. The molecule has 0 bridgehead atoms. The normalized spacial score (nSPS) is 10.4. The second-order valence-electron chi connectivity index (χ2n) is 3.81. The van der Waals surface area contributed by atoms with Gasteiger partial charge in [0.1, 0.15) is 5.69 Å². The third kappa shape index (κ3) is 2.68. The summed E-state index contributed by atoms with van der Waals surface area (Å²) in [5.41, 5.74) is 1.29. The first-order valence-electron chi connectivity index (χ1n) is 5.57. The summed E-state index contributed by atoms with van der Waals surface area (Å²) in [5.74, 6) is 0.0225. The lowest BCUT2D eigenvalue weighted by Crippen LogP contribution is -2.18. The van der Waals surface area contributed by atoms with Crippen molar-refractivity contribution < 1.29 is 4.79 Å². The number of rotatable bonds is 3. The predicted molar refractivity (Wildman–Crippen MR) is 69.8 cm³/mol. The third-order valence-electron chi connectivity index (χ3n) is 2.46. The van der Waals surface area contributed by atoms with Gasteiger partial charge in [0.15, 0.2) is 0 Å². The highest BCUT2D eigenvalue weighted by Crippen LogP contribution is 2.15. The molecule has 2 aromatic heterocycles. The van der Waals surface area contributed by atoms with Crippen LogP contribution in [0.4, 0.5) is 5.95 Å². The van der Waals surface area contributed by atoms with E-state index in [1.807, 2.05) is 13.8 Å². The Morgan fingerprint density at radius 3 is 3.00 bits per heavy atom. The highest BCUT2D eigenvalue weighted by atomic mass is 35.5. The summed E-state index contributed by atoms with van der Waals surface area (Å²) in [7, 11) is 0. The van der Waals surface area contributed by atoms with Gasteiger partial charge < -0.3 is 4.57 Å². The molecule has 18 heavy (non-hydrogen) atoms. The number of nitrogens with one attached hydrogen (secondary N) is 1. The monoisotopic (exact) mass is 264 g/mol. The number of anilines is 1. The minimum atomic E-state index is -0.269. The van der Waals surface area contributed by atoms with Crippen molar-refractivity contribution in [1.82, 2.24) is 14.5 Å². The van der Waals surface area contributed by atoms with Gasteiger partial charge in [0.05, 0.1) is 5.02 Å². The first kappa shape index (κ1) is 12.6. The summed E-state index contributed by atoms with van der Waals surface area (Å²) < 4.78 is 1.77. The summed E-state index contributed by atoms with van der Waals surface area (Å²) in [6, 6.07) is 3.39. The van der Waals surface area contributed by atoms with Crippen molar-refractivity contribution >= 4 is 23.5 Å². The molecule has 2 aromatic rings. The fraction of sp³-hybridized carbons (Fsp3) is 0.250.